The Balaban J connectivity index is 2.19. The van der Waals surface area contributed by atoms with E-state index < -0.39 is 15.9 Å². The molecular formula is C13H17N3O3S2. The van der Waals surface area contributed by atoms with Crippen LogP contribution >= 0.6 is 11.3 Å². The molecule has 6 nitrogen and oxygen atoms in total. The number of hydrogen-bond donors (Lipinski definition) is 1. The zero-order valence-electron chi connectivity index (χ0n) is 12.1. The van der Waals surface area contributed by atoms with E-state index in [4.69, 9.17) is 0 Å². The molecule has 0 aliphatic heterocycles. The van der Waals surface area contributed by atoms with Gasteiger partial charge >= 0.3 is 0 Å². The van der Waals surface area contributed by atoms with Gasteiger partial charge < -0.3 is 0 Å². The van der Waals surface area contributed by atoms with Crippen LogP contribution in [0.1, 0.15) is 33.5 Å². The predicted octanol–water partition coefficient (Wildman–Crippen LogP) is 2.09. The Morgan fingerprint density at radius 3 is 2.71 bits per heavy atom. The molecule has 0 unspecified atom stereocenters. The van der Waals surface area contributed by atoms with Crippen LogP contribution in [0.3, 0.4) is 0 Å². The lowest BCUT2D eigenvalue weighted by Gasteiger charge is -2.04. The Kier molecular flexibility index (Phi) is 4.48. The maximum atomic E-state index is 12.2. The SMILES string of the molecule is CCCn1cc(C(=O)NS(=O)(=O)c2cc(C)sc2C)cn1. The van der Waals surface area contributed by atoms with E-state index in [1.807, 2.05) is 13.8 Å². The van der Waals surface area contributed by atoms with Crippen LogP contribution in [0, 0.1) is 13.8 Å². The fraction of sp³-hybridized carbons (Fsp3) is 0.385. The number of carbonyl (C=O) groups excluding carboxylic acids is 1. The topological polar surface area (TPSA) is 81.1 Å². The molecule has 2 aromatic rings. The van der Waals surface area contributed by atoms with Gasteiger partial charge in [0.1, 0.15) is 4.90 Å². The largest absolute Gasteiger partial charge is 0.272 e. The summed E-state index contributed by atoms with van der Waals surface area (Å²) in [5.41, 5.74) is 0.233. The van der Waals surface area contributed by atoms with Gasteiger partial charge in [0.2, 0.25) is 0 Å². The van der Waals surface area contributed by atoms with Crippen molar-refractivity contribution in [3.8, 4) is 0 Å². The molecule has 0 saturated carbocycles. The zero-order chi connectivity index (χ0) is 15.6. The number of aryl methyl sites for hydroxylation is 3. The van der Waals surface area contributed by atoms with Crippen molar-refractivity contribution >= 4 is 27.3 Å². The highest BCUT2D eigenvalue weighted by Gasteiger charge is 2.23. The Bertz CT molecular complexity index is 759. The molecule has 0 bridgehead atoms. The van der Waals surface area contributed by atoms with E-state index in [9.17, 15) is 13.2 Å². The van der Waals surface area contributed by atoms with Gasteiger partial charge in [-0.25, -0.2) is 13.1 Å². The van der Waals surface area contributed by atoms with Gasteiger partial charge in [-0.3, -0.25) is 9.48 Å². The summed E-state index contributed by atoms with van der Waals surface area (Å²) < 4.78 is 28.2. The molecule has 1 N–H and O–H groups in total. The molecule has 114 valence electrons. The zero-order valence-corrected chi connectivity index (χ0v) is 13.7. The Morgan fingerprint density at radius 2 is 2.14 bits per heavy atom. The number of carbonyl (C=O) groups is 1. The lowest BCUT2D eigenvalue weighted by Crippen LogP contribution is -2.30. The quantitative estimate of drug-likeness (QED) is 0.912. The molecular weight excluding hydrogens is 310 g/mol. The van der Waals surface area contributed by atoms with E-state index in [-0.39, 0.29) is 10.5 Å². The van der Waals surface area contributed by atoms with E-state index in [1.165, 1.54) is 17.5 Å². The molecule has 0 aliphatic rings. The lowest BCUT2D eigenvalue weighted by molar-refractivity contribution is 0.0981. The third-order valence-corrected chi connectivity index (χ3v) is 5.41. The molecule has 0 spiro atoms. The predicted molar refractivity (Wildman–Crippen MR) is 81.0 cm³/mol. The van der Waals surface area contributed by atoms with Crippen molar-refractivity contribution in [2.75, 3.05) is 0 Å². The number of nitrogens with one attached hydrogen (secondary N) is 1. The molecule has 0 aromatic carbocycles. The van der Waals surface area contributed by atoms with E-state index >= 15 is 0 Å². The number of thiophene rings is 1. The first-order valence-corrected chi connectivity index (χ1v) is 8.80. The Hall–Kier alpha value is -1.67. The number of aromatic nitrogens is 2. The molecule has 0 atom stereocenters. The maximum absolute atomic E-state index is 12.2. The Labute approximate surface area is 127 Å². The van der Waals surface area contributed by atoms with E-state index in [1.54, 1.807) is 23.9 Å². The summed E-state index contributed by atoms with van der Waals surface area (Å²) in [4.78, 5) is 13.7. The minimum atomic E-state index is -3.85. The highest BCUT2D eigenvalue weighted by atomic mass is 32.2. The molecule has 8 heteroatoms. The smallest absolute Gasteiger partial charge is 0.268 e. The molecule has 0 radical (unpaired) electrons. The highest BCUT2D eigenvalue weighted by molar-refractivity contribution is 7.90. The fourth-order valence-corrected chi connectivity index (χ4v) is 4.47. The minimum absolute atomic E-state index is 0.152. The van der Waals surface area contributed by atoms with E-state index in [2.05, 4.69) is 9.82 Å². The summed E-state index contributed by atoms with van der Waals surface area (Å²) in [6, 6.07) is 1.57. The summed E-state index contributed by atoms with van der Waals surface area (Å²) in [5.74, 6) is -0.666. The number of rotatable bonds is 5. The number of amides is 1. The van der Waals surface area contributed by atoms with Crippen LogP contribution in [-0.2, 0) is 16.6 Å². The van der Waals surface area contributed by atoms with Crippen LogP contribution in [-0.4, -0.2) is 24.1 Å². The third kappa shape index (κ3) is 3.51. The summed E-state index contributed by atoms with van der Waals surface area (Å²) in [5, 5.41) is 4.01. The first-order chi connectivity index (χ1) is 9.83. The van der Waals surface area contributed by atoms with Crippen molar-refractivity contribution < 1.29 is 13.2 Å². The first-order valence-electron chi connectivity index (χ1n) is 6.50. The Morgan fingerprint density at radius 1 is 1.43 bits per heavy atom. The van der Waals surface area contributed by atoms with Gasteiger partial charge in [0.15, 0.2) is 0 Å². The second-order valence-corrected chi connectivity index (χ2v) is 7.82. The van der Waals surface area contributed by atoms with Crippen LogP contribution in [0.2, 0.25) is 0 Å². The first kappa shape index (κ1) is 15.7. The van der Waals surface area contributed by atoms with Crippen LogP contribution < -0.4 is 4.72 Å². The molecule has 21 heavy (non-hydrogen) atoms. The summed E-state index contributed by atoms with van der Waals surface area (Å²) in [6.07, 6.45) is 3.79. The molecule has 0 fully saturated rings. The average Bonchev–Trinajstić information content (AvgIpc) is 2.96. The summed E-state index contributed by atoms with van der Waals surface area (Å²) >= 11 is 1.38. The fourth-order valence-electron chi connectivity index (χ4n) is 1.94. The molecule has 2 aromatic heterocycles. The van der Waals surface area contributed by atoms with Gasteiger partial charge in [-0.05, 0) is 26.3 Å². The van der Waals surface area contributed by atoms with E-state index in [0.29, 0.717) is 11.4 Å². The molecule has 1 amide bonds. The van der Waals surface area contributed by atoms with E-state index in [0.717, 1.165) is 11.3 Å². The van der Waals surface area contributed by atoms with Crippen LogP contribution in [0.4, 0.5) is 0 Å². The second-order valence-electron chi connectivity index (χ2n) is 4.70. The van der Waals surface area contributed by atoms with Crippen molar-refractivity contribution in [3.63, 3.8) is 0 Å². The number of sulfonamides is 1. The van der Waals surface area contributed by atoms with Crippen molar-refractivity contribution in [2.24, 2.45) is 0 Å². The van der Waals surface area contributed by atoms with Gasteiger partial charge in [0, 0.05) is 22.5 Å². The van der Waals surface area contributed by atoms with Crippen molar-refractivity contribution in [1.29, 1.82) is 0 Å². The number of nitrogens with zero attached hydrogens (tertiary/aromatic N) is 2. The van der Waals surface area contributed by atoms with Crippen molar-refractivity contribution in [2.45, 2.75) is 38.6 Å². The summed E-state index contributed by atoms with van der Waals surface area (Å²) in [7, 11) is -3.85. The van der Waals surface area contributed by atoms with Crippen molar-refractivity contribution in [1.82, 2.24) is 14.5 Å². The normalized spacial score (nSPS) is 11.6. The molecule has 2 rings (SSSR count). The van der Waals surface area contributed by atoms with Gasteiger partial charge in [-0.1, -0.05) is 6.92 Å². The van der Waals surface area contributed by atoms with Crippen molar-refractivity contribution in [3.05, 3.63) is 33.8 Å². The third-order valence-electron chi connectivity index (χ3n) is 2.86. The molecule has 0 aliphatic carbocycles. The maximum Gasteiger partial charge on any atom is 0.268 e. The van der Waals surface area contributed by atoms with Crippen LogP contribution in [0.15, 0.2) is 23.4 Å². The summed E-state index contributed by atoms with van der Waals surface area (Å²) in [6.45, 7) is 6.22. The second kappa shape index (κ2) is 5.98. The highest BCUT2D eigenvalue weighted by Crippen LogP contribution is 2.24. The standard InChI is InChI=1S/C13H17N3O3S2/c1-4-5-16-8-11(7-14-16)13(17)15-21(18,19)12-6-9(2)20-10(12)3/h6-8H,4-5H2,1-3H3,(H,15,17). The number of hydrogen-bond acceptors (Lipinski definition) is 5. The lowest BCUT2D eigenvalue weighted by atomic mass is 10.3. The molecule has 0 saturated heterocycles. The van der Waals surface area contributed by atoms with Crippen LogP contribution in [0.5, 0.6) is 0 Å². The van der Waals surface area contributed by atoms with Crippen LogP contribution in [0.25, 0.3) is 0 Å². The van der Waals surface area contributed by atoms with Gasteiger partial charge in [-0.2, -0.15) is 5.10 Å². The van der Waals surface area contributed by atoms with Gasteiger partial charge in [0.25, 0.3) is 15.9 Å². The minimum Gasteiger partial charge on any atom is -0.272 e. The monoisotopic (exact) mass is 327 g/mol. The molecule has 2 heterocycles. The van der Waals surface area contributed by atoms with Gasteiger partial charge in [0.05, 0.1) is 11.8 Å². The average molecular weight is 327 g/mol. The van der Waals surface area contributed by atoms with Gasteiger partial charge in [-0.15, -0.1) is 11.3 Å².